The summed E-state index contributed by atoms with van der Waals surface area (Å²) in [7, 11) is 0. The third-order valence-electron chi connectivity index (χ3n) is 0. The van der Waals surface area contributed by atoms with E-state index >= 15 is 0 Å². The van der Waals surface area contributed by atoms with Crippen LogP contribution in [0.5, 0.6) is 0 Å². The van der Waals surface area contributed by atoms with Gasteiger partial charge in [-0.3, -0.25) is 0 Å². The van der Waals surface area contributed by atoms with Crippen molar-refractivity contribution in [2.45, 2.75) is 20.8 Å². The summed E-state index contributed by atoms with van der Waals surface area (Å²) >= 11 is 0. The number of carbonyl (C=O) groups excluding carboxylic acids is 3. The Morgan fingerprint density at radius 1 is 0.714 bits per heavy atom. The van der Waals surface area contributed by atoms with Gasteiger partial charge in [0.25, 0.3) is 0 Å². The van der Waals surface area contributed by atoms with E-state index in [0.29, 0.717) is 0 Å². The van der Waals surface area contributed by atoms with Gasteiger partial charge >= 0.3 is 75.0 Å². The quantitative estimate of drug-likeness (QED) is 0.408. The third kappa shape index (κ3) is 2300. The van der Waals surface area contributed by atoms with Crippen LogP contribution in [0.4, 0.5) is 0 Å². The van der Waals surface area contributed by atoms with E-state index in [2.05, 4.69) is 0 Å². The van der Waals surface area contributed by atoms with Gasteiger partial charge in [0.15, 0.2) is 0 Å². The molecule has 0 aliphatic carbocycles. The Balaban J connectivity index is -0.0000000270. The van der Waals surface area contributed by atoms with Crippen LogP contribution in [0, 0.1) is 0 Å². The standard InChI is InChI=1S/3C2H4O2.Na.Sr/c3*1-2(3)4;;/h3*1H3,(H,3,4);;/q;;;+1;+2/p-3. The third-order valence-corrected chi connectivity index (χ3v) is 0. The summed E-state index contributed by atoms with van der Waals surface area (Å²) in [5, 5.41) is 26.7. The normalized spacial score (nSPS) is 5.36. The maximum Gasteiger partial charge on any atom is 2.00 e. The SMILES string of the molecule is CC(=O)[O-].CC(=O)[O-].CC(=O)[O-].[Na+].[Sr+2]. The van der Waals surface area contributed by atoms with Gasteiger partial charge in [-0.15, -0.1) is 0 Å². The van der Waals surface area contributed by atoms with Crippen molar-refractivity contribution in [3.05, 3.63) is 0 Å². The van der Waals surface area contributed by atoms with E-state index in [-0.39, 0.29) is 75.0 Å². The second kappa shape index (κ2) is 23.6. The van der Waals surface area contributed by atoms with Crippen LogP contribution in [0.2, 0.25) is 0 Å². The van der Waals surface area contributed by atoms with Gasteiger partial charge in [-0.2, -0.15) is 0 Å². The summed E-state index contributed by atoms with van der Waals surface area (Å²) in [4.78, 5) is 26.7. The van der Waals surface area contributed by atoms with Crippen LogP contribution >= 0.6 is 0 Å². The molecule has 0 aromatic carbocycles. The van der Waals surface area contributed by atoms with E-state index in [1.54, 1.807) is 0 Å². The van der Waals surface area contributed by atoms with Gasteiger partial charge in [0, 0.05) is 17.9 Å². The van der Waals surface area contributed by atoms with Gasteiger partial charge in [-0.25, -0.2) is 0 Å². The molecular weight excluding hydrogens is 279 g/mol. The molecule has 0 aromatic rings. The summed E-state index contributed by atoms with van der Waals surface area (Å²) in [6.07, 6.45) is 0. The maximum atomic E-state index is 8.89. The maximum absolute atomic E-state index is 8.89. The van der Waals surface area contributed by atoms with Gasteiger partial charge in [-0.05, 0) is 20.8 Å². The Morgan fingerprint density at radius 2 is 0.714 bits per heavy atom. The molecule has 14 heavy (non-hydrogen) atoms. The van der Waals surface area contributed by atoms with Crippen LogP contribution in [0.1, 0.15) is 20.8 Å². The molecule has 0 unspecified atom stereocenters. The smallest absolute Gasteiger partial charge is 0.550 e. The van der Waals surface area contributed by atoms with Crippen molar-refractivity contribution < 1.29 is 59.3 Å². The van der Waals surface area contributed by atoms with Crippen molar-refractivity contribution in [3.8, 4) is 0 Å². The van der Waals surface area contributed by atoms with Gasteiger partial charge < -0.3 is 29.7 Å². The molecule has 0 saturated heterocycles. The molecule has 0 amide bonds. The summed E-state index contributed by atoms with van der Waals surface area (Å²) in [5.74, 6) is -3.25. The number of hydrogen-bond donors (Lipinski definition) is 0. The molecule has 0 saturated carbocycles. The molecule has 0 atom stereocenters. The molecule has 8 heteroatoms. The minimum atomic E-state index is -1.08. The predicted molar refractivity (Wildman–Crippen MR) is 37.8 cm³/mol. The van der Waals surface area contributed by atoms with E-state index in [4.69, 9.17) is 29.7 Å². The van der Waals surface area contributed by atoms with Crippen LogP contribution < -0.4 is 44.9 Å². The van der Waals surface area contributed by atoms with Crippen LogP contribution in [0.3, 0.4) is 0 Å². The molecule has 0 aliphatic rings. The van der Waals surface area contributed by atoms with Crippen LogP contribution in [0.25, 0.3) is 0 Å². The second-order valence-corrected chi connectivity index (χ2v) is 1.47. The Kier molecular flexibility index (Phi) is 49.5. The summed E-state index contributed by atoms with van der Waals surface area (Å²) in [5.41, 5.74) is 0. The zero-order valence-corrected chi connectivity index (χ0v) is 14.1. The number of carboxylic acid groups (broad SMARTS) is 3. The average Bonchev–Trinajstić information content (AvgIpc) is 1.54. The number of hydrogen-bond acceptors (Lipinski definition) is 6. The molecule has 6 nitrogen and oxygen atoms in total. The van der Waals surface area contributed by atoms with E-state index in [1.807, 2.05) is 0 Å². The zero-order valence-electron chi connectivity index (χ0n) is 8.66. The largest absolute Gasteiger partial charge is 2.00 e. The number of carboxylic acids is 3. The van der Waals surface area contributed by atoms with E-state index < -0.39 is 17.9 Å². The van der Waals surface area contributed by atoms with Crippen molar-refractivity contribution in [2.24, 2.45) is 0 Å². The Morgan fingerprint density at radius 3 is 0.714 bits per heavy atom. The number of carbonyl (C=O) groups is 3. The molecule has 72 valence electrons. The molecule has 0 fully saturated rings. The van der Waals surface area contributed by atoms with Gasteiger partial charge in [-0.1, -0.05) is 0 Å². The van der Waals surface area contributed by atoms with E-state index in [9.17, 15) is 0 Å². The summed E-state index contributed by atoms with van der Waals surface area (Å²) in [6.45, 7) is 2.92. The molecule has 0 aromatic heterocycles. The summed E-state index contributed by atoms with van der Waals surface area (Å²) < 4.78 is 0. The van der Waals surface area contributed by atoms with Crippen molar-refractivity contribution >= 4 is 63.4 Å². The Bertz CT molecular complexity index is 120. The van der Waals surface area contributed by atoms with Crippen LogP contribution in [-0.4, -0.2) is 63.4 Å². The van der Waals surface area contributed by atoms with Crippen molar-refractivity contribution in [1.29, 1.82) is 0 Å². The van der Waals surface area contributed by atoms with Crippen LogP contribution in [-0.2, 0) is 14.4 Å². The molecule has 0 rings (SSSR count). The molecule has 0 bridgehead atoms. The first-order valence-electron chi connectivity index (χ1n) is 2.72. The number of rotatable bonds is 0. The minimum Gasteiger partial charge on any atom is -0.550 e. The zero-order chi connectivity index (χ0) is 10.7. The first-order valence-corrected chi connectivity index (χ1v) is 2.72. The van der Waals surface area contributed by atoms with Crippen LogP contribution in [0.15, 0.2) is 0 Å². The topological polar surface area (TPSA) is 120 Å². The molecular formula is C6H9NaO6Sr. The molecule has 0 N–H and O–H groups in total. The summed E-state index contributed by atoms with van der Waals surface area (Å²) in [6, 6.07) is 0. The van der Waals surface area contributed by atoms with Gasteiger partial charge in [0.1, 0.15) is 0 Å². The van der Waals surface area contributed by atoms with E-state index in [1.165, 1.54) is 0 Å². The van der Waals surface area contributed by atoms with Gasteiger partial charge in [0.2, 0.25) is 0 Å². The second-order valence-electron chi connectivity index (χ2n) is 1.47. The molecule has 0 spiro atoms. The van der Waals surface area contributed by atoms with Crippen molar-refractivity contribution in [3.63, 3.8) is 0 Å². The predicted octanol–water partition coefficient (Wildman–Crippen LogP) is -7.11. The fourth-order valence-corrected chi connectivity index (χ4v) is 0. The monoisotopic (exact) mass is 288 g/mol. The fourth-order valence-electron chi connectivity index (χ4n) is 0. The van der Waals surface area contributed by atoms with Gasteiger partial charge in [0.05, 0.1) is 0 Å². The van der Waals surface area contributed by atoms with Crippen molar-refractivity contribution in [1.82, 2.24) is 0 Å². The van der Waals surface area contributed by atoms with E-state index in [0.717, 1.165) is 20.8 Å². The first kappa shape index (κ1) is 29.4. The minimum absolute atomic E-state index is 0. The van der Waals surface area contributed by atoms with Crippen molar-refractivity contribution in [2.75, 3.05) is 0 Å². The molecule has 0 aliphatic heterocycles. The Hall–Kier alpha value is 0.891. The fraction of sp³-hybridized carbons (Fsp3) is 0.500. The average molecular weight is 288 g/mol. The molecule has 0 radical (unpaired) electrons. The molecule has 0 heterocycles. The number of aliphatic carboxylic acids is 3. The Labute approximate surface area is 141 Å². The first-order chi connectivity index (χ1) is 5.20.